The number of hydrogen-bond donors (Lipinski definition) is 0. The Labute approximate surface area is 92.9 Å². The molecule has 0 atom stereocenters. The van der Waals surface area contributed by atoms with E-state index in [1.54, 1.807) is 11.2 Å². The molecule has 0 saturated carbocycles. The Hall–Kier alpha value is -1.69. The van der Waals surface area contributed by atoms with Crippen LogP contribution in [0.5, 0.6) is 0 Å². The first-order chi connectivity index (χ1) is 7.84. The SMILES string of the molecule is O=C1CN2N=CC=C(N3CCOCC3)C2=N1. The molecule has 0 bridgehead atoms. The monoisotopic (exact) mass is 220 g/mol. The van der Waals surface area contributed by atoms with Crippen LogP contribution in [0.2, 0.25) is 0 Å². The van der Waals surface area contributed by atoms with E-state index in [4.69, 9.17) is 4.74 Å². The van der Waals surface area contributed by atoms with Crippen molar-refractivity contribution in [1.82, 2.24) is 9.91 Å². The van der Waals surface area contributed by atoms with Gasteiger partial charge in [0, 0.05) is 19.3 Å². The van der Waals surface area contributed by atoms with E-state index < -0.39 is 0 Å². The van der Waals surface area contributed by atoms with E-state index in [0.717, 1.165) is 32.0 Å². The second-order valence-electron chi connectivity index (χ2n) is 3.80. The van der Waals surface area contributed by atoms with Crippen LogP contribution in [0.3, 0.4) is 0 Å². The molecule has 1 saturated heterocycles. The number of amides is 1. The summed E-state index contributed by atoms with van der Waals surface area (Å²) in [5, 5.41) is 5.76. The maximum atomic E-state index is 11.3. The predicted molar refractivity (Wildman–Crippen MR) is 58.1 cm³/mol. The van der Waals surface area contributed by atoms with Crippen molar-refractivity contribution in [2.24, 2.45) is 10.1 Å². The van der Waals surface area contributed by atoms with Crippen LogP contribution in [0.25, 0.3) is 0 Å². The van der Waals surface area contributed by atoms with Gasteiger partial charge < -0.3 is 9.64 Å². The van der Waals surface area contributed by atoms with Crippen molar-refractivity contribution in [1.29, 1.82) is 0 Å². The third-order valence-corrected chi connectivity index (χ3v) is 2.78. The quantitative estimate of drug-likeness (QED) is 0.594. The number of hydrogen-bond acceptors (Lipinski definition) is 5. The summed E-state index contributed by atoms with van der Waals surface area (Å²) in [5.41, 5.74) is 0.976. The van der Waals surface area contributed by atoms with Crippen LogP contribution >= 0.6 is 0 Å². The normalized spacial score (nSPS) is 24.4. The summed E-state index contributed by atoms with van der Waals surface area (Å²) in [6, 6.07) is 0. The zero-order valence-electron chi connectivity index (χ0n) is 8.80. The van der Waals surface area contributed by atoms with Crippen molar-refractivity contribution in [3.63, 3.8) is 0 Å². The zero-order chi connectivity index (χ0) is 11.0. The van der Waals surface area contributed by atoms with Crippen molar-refractivity contribution in [2.75, 3.05) is 32.8 Å². The predicted octanol–water partition coefficient (Wildman–Crippen LogP) is -0.557. The molecular weight excluding hydrogens is 208 g/mol. The first kappa shape index (κ1) is 9.53. The number of amidine groups is 1. The van der Waals surface area contributed by atoms with E-state index in [0.29, 0.717) is 5.84 Å². The Bertz CT molecular complexity index is 407. The van der Waals surface area contributed by atoms with Crippen LogP contribution in [0.4, 0.5) is 0 Å². The number of allylic oxidation sites excluding steroid dienone is 1. The molecule has 0 radical (unpaired) electrons. The lowest BCUT2D eigenvalue weighted by Crippen LogP contribution is -2.41. The number of fused-ring (bicyclic) bond motifs is 1. The van der Waals surface area contributed by atoms with Gasteiger partial charge in [0.25, 0.3) is 5.91 Å². The lowest BCUT2D eigenvalue weighted by Gasteiger charge is -2.33. The Kier molecular flexibility index (Phi) is 2.21. The van der Waals surface area contributed by atoms with Gasteiger partial charge >= 0.3 is 0 Å². The second-order valence-corrected chi connectivity index (χ2v) is 3.80. The first-order valence-electron chi connectivity index (χ1n) is 5.31. The van der Waals surface area contributed by atoms with Crippen molar-refractivity contribution in [3.8, 4) is 0 Å². The summed E-state index contributed by atoms with van der Waals surface area (Å²) >= 11 is 0. The molecule has 0 aromatic heterocycles. The van der Waals surface area contributed by atoms with Gasteiger partial charge in [-0.1, -0.05) is 0 Å². The highest BCUT2D eigenvalue weighted by atomic mass is 16.5. The molecule has 3 aliphatic heterocycles. The van der Waals surface area contributed by atoms with Crippen LogP contribution in [0.1, 0.15) is 0 Å². The van der Waals surface area contributed by atoms with E-state index >= 15 is 0 Å². The van der Waals surface area contributed by atoms with E-state index in [9.17, 15) is 4.79 Å². The third kappa shape index (κ3) is 1.51. The van der Waals surface area contributed by atoms with Crippen molar-refractivity contribution >= 4 is 18.0 Å². The number of carbonyl (C=O) groups excluding carboxylic acids is 1. The molecule has 1 amide bonds. The molecule has 0 unspecified atom stereocenters. The summed E-state index contributed by atoms with van der Waals surface area (Å²) in [4.78, 5) is 17.5. The minimum atomic E-state index is -0.131. The highest BCUT2D eigenvalue weighted by Gasteiger charge is 2.30. The van der Waals surface area contributed by atoms with Crippen LogP contribution in [-0.2, 0) is 9.53 Å². The molecule has 6 nitrogen and oxygen atoms in total. The van der Waals surface area contributed by atoms with E-state index in [1.807, 2.05) is 6.08 Å². The largest absolute Gasteiger partial charge is 0.378 e. The average molecular weight is 220 g/mol. The van der Waals surface area contributed by atoms with Gasteiger partial charge in [0.2, 0.25) is 0 Å². The third-order valence-electron chi connectivity index (χ3n) is 2.78. The maximum absolute atomic E-state index is 11.3. The molecule has 3 rings (SSSR count). The average Bonchev–Trinajstić information content (AvgIpc) is 2.70. The fraction of sp³-hybridized carbons (Fsp3) is 0.500. The molecule has 0 N–H and O–H groups in total. The maximum Gasteiger partial charge on any atom is 0.269 e. The molecule has 0 aliphatic carbocycles. The number of hydrazone groups is 1. The summed E-state index contributed by atoms with van der Waals surface area (Å²) in [6.07, 6.45) is 3.61. The number of carbonyl (C=O) groups is 1. The summed E-state index contributed by atoms with van der Waals surface area (Å²) in [5.74, 6) is 0.544. The molecule has 6 heteroatoms. The topological polar surface area (TPSA) is 57.5 Å². The number of morpholine rings is 1. The van der Waals surface area contributed by atoms with Crippen LogP contribution < -0.4 is 0 Å². The highest BCUT2D eigenvalue weighted by Crippen LogP contribution is 2.18. The molecule has 3 heterocycles. The van der Waals surface area contributed by atoms with Gasteiger partial charge in [0.1, 0.15) is 6.54 Å². The Balaban J connectivity index is 1.88. The van der Waals surface area contributed by atoms with E-state index in [2.05, 4.69) is 15.0 Å². The number of ether oxygens (including phenoxy) is 1. The van der Waals surface area contributed by atoms with Crippen LogP contribution in [-0.4, -0.2) is 60.7 Å². The first-order valence-corrected chi connectivity index (χ1v) is 5.31. The molecule has 84 valence electrons. The van der Waals surface area contributed by atoms with Crippen LogP contribution in [0, 0.1) is 0 Å². The molecule has 0 aromatic carbocycles. The smallest absolute Gasteiger partial charge is 0.269 e. The minimum absolute atomic E-state index is 0.131. The number of aliphatic imine (C=N–C) groups is 1. The van der Waals surface area contributed by atoms with Crippen molar-refractivity contribution in [2.45, 2.75) is 0 Å². The Morgan fingerprint density at radius 3 is 2.94 bits per heavy atom. The molecular formula is C10H12N4O2. The number of rotatable bonds is 1. The number of nitrogens with zero attached hydrogens (tertiary/aromatic N) is 4. The van der Waals surface area contributed by atoms with Gasteiger partial charge in [-0.05, 0) is 6.08 Å². The zero-order valence-corrected chi connectivity index (χ0v) is 8.80. The lowest BCUT2D eigenvalue weighted by molar-refractivity contribution is -0.117. The second kappa shape index (κ2) is 3.71. The molecule has 1 fully saturated rings. The Morgan fingerprint density at radius 2 is 2.12 bits per heavy atom. The van der Waals surface area contributed by atoms with Gasteiger partial charge in [-0.3, -0.25) is 4.79 Å². The van der Waals surface area contributed by atoms with Gasteiger partial charge in [0.15, 0.2) is 5.84 Å². The van der Waals surface area contributed by atoms with Crippen molar-refractivity contribution in [3.05, 3.63) is 11.8 Å². The molecule has 0 spiro atoms. The molecule has 0 aromatic rings. The van der Waals surface area contributed by atoms with E-state index in [1.165, 1.54) is 0 Å². The van der Waals surface area contributed by atoms with Crippen LogP contribution in [0.15, 0.2) is 21.9 Å². The Morgan fingerprint density at radius 1 is 1.31 bits per heavy atom. The van der Waals surface area contributed by atoms with Crippen molar-refractivity contribution < 1.29 is 9.53 Å². The van der Waals surface area contributed by atoms with Gasteiger partial charge in [0.05, 0.1) is 18.9 Å². The fourth-order valence-electron chi connectivity index (χ4n) is 2.01. The van der Waals surface area contributed by atoms with Gasteiger partial charge in [-0.2, -0.15) is 10.1 Å². The molecule has 3 aliphatic rings. The summed E-state index contributed by atoms with van der Waals surface area (Å²) in [7, 11) is 0. The summed E-state index contributed by atoms with van der Waals surface area (Å²) < 4.78 is 5.30. The fourth-order valence-corrected chi connectivity index (χ4v) is 2.01. The lowest BCUT2D eigenvalue weighted by atomic mass is 10.2. The van der Waals surface area contributed by atoms with Gasteiger partial charge in [-0.15, -0.1) is 0 Å². The highest BCUT2D eigenvalue weighted by molar-refractivity contribution is 6.12. The minimum Gasteiger partial charge on any atom is -0.378 e. The van der Waals surface area contributed by atoms with E-state index in [-0.39, 0.29) is 12.5 Å². The standard InChI is InChI=1S/C10H12N4O2/c15-9-7-14-10(12-9)8(1-2-11-14)13-3-5-16-6-4-13/h1-2H,3-7H2. The molecule has 16 heavy (non-hydrogen) atoms. The van der Waals surface area contributed by atoms with Gasteiger partial charge in [-0.25, -0.2) is 5.01 Å². The summed E-state index contributed by atoms with van der Waals surface area (Å²) in [6.45, 7) is 3.36.